The number of rotatable bonds is 5. The Morgan fingerprint density at radius 2 is 2.06 bits per heavy atom. The predicted molar refractivity (Wildman–Crippen MR) is 66.0 cm³/mol. The summed E-state index contributed by atoms with van der Waals surface area (Å²) in [5.41, 5.74) is 0.821. The summed E-state index contributed by atoms with van der Waals surface area (Å²) in [5.74, 6) is 1.63. The first-order valence-electron chi connectivity index (χ1n) is 6.35. The van der Waals surface area contributed by atoms with Gasteiger partial charge in [-0.25, -0.2) is 0 Å². The molecule has 4 heteroatoms. The van der Waals surface area contributed by atoms with Crippen molar-refractivity contribution in [2.24, 2.45) is 11.8 Å². The van der Waals surface area contributed by atoms with E-state index in [9.17, 15) is 5.11 Å². The summed E-state index contributed by atoms with van der Waals surface area (Å²) in [6.07, 6.45) is 3.67. The number of aliphatic hydroxyl groups excluding tert-OH is 1. The molecule has 4 nitrogen and oxygen atoms in total. The molecule has 0 spiro atoms. The first-order chi connectivity index (χ1) is 8.06. The lowest BCUT2D eigenvalue weighted by Gasteiger charge is -2.22. The fourth-order valence-electron chi connectivity index (χ4n) is 2.33. The van der Waals surface area contributed by atoms with E-state index >= 15 is 0 Å². The molecule has 0 aliphatic heterocycles. The van der Waals surface area contributed by atoms with E-state index in [0.29, 0.717) is 11.7 Å². The fraction of sp³-hybridized carbons (Fsp3) is 0.769. The van der Waals surface area contributed by atoms with Gasteiger partial charge in [-0.15, -0.1) is 0 Å². The van der Waals surface area contributed by atoms with Gasteiger partial charge in [0.2, 0.25) is 0 Å². The third-order valence-corrected chi connectivity index (χ3v) is 3.65. The van der Waals surface area contributed by atoms with Crippen LogP contribution < -0.4 is 4.74 Å². The van der Waals surface area contributed by atoms with Crippen LogP contribution in [0.25, 0.3) is 0 Å². The Labute approximate surface area is 103 Å². The molecule has 1 saturated carbocycles. The summed E-state index contributed by atoms with van der Waals surface area (Å²) in [7, 11) is 1.62. The molecule has 1 N–H and O–H groups in total. The highest BCUT2D eigenvalue weighted by atomic mass is 16.5. The summed E-state index contributed by atoms with van der Waals surface area (Å²) in [5, 5.41) is 14.8. The third kappa shape index (κ3) is 2.32. The Kier molecular flexibility index (Phi) is 3.43. The third-order valence-electron chi connectivity index (χ3n) is 3.65. The Hall–Kier alpha value is -1.03. The van der Waals surface area contributed by atoms with Crippen LogP contribution in [0.3, 0.4) is 0 Å². The van der Waals surface area contributed by atoms with E-state index in [1.54, 1.807) is 13.3 Å². The predicted octanol–water partition coefficient (Wildman–Crippen LogP) is 2.55. The van der Waals surface area contributed by atoms with Crippen LogP contribution >= 0.6 is 0 Å². The van der Waals surface area contributed by atoms with Crippen molar-refractivity contribution in [2.75, 3.05) is 7.11 Å². The highest BCUT2D eigenvalue weighted by Crippen LogP contribution is 2.44. The Morgan fingerprint density at radius 3 is 2.53 bits per heavy atom. The maximum Gasteiger partial charge on any atom is 0.162 e. The minimum absolute atomic E-state index is 0.231. The van der Waals surface area contributed by atoms with Crippen LogP contribution in [0.2, 0.25) is 0 Å². The zero-order chi connectivity index (χ0) is 12.6. The van der Waals surface area contributed by atoms with Crippen LogP contribution in [0.5, 0.6) is 5.75 Å². The molecule has 1 fully saturated rings. The summed E-state index contributed by atoms with van der Waals surface area (Å²) in [6.45, 7) is 6.23. The van der Waals surface area contributed by atoms with Crippen molar-refractivity contribution >= 4 is 0 Å². The zero-order valence-electron chi connectivity index (χ0n) is 11.1. The van der Waals surface area contributed by atoms with Crippen molar-refractivity contribution in [2.45, 2.75) is 45.8 Å². The number of ether oxygens (including phenoxy) is 1. The number of methoxy groups -OCH3 is 1. The quantitative estimate of drug-likeness (QED) is 0.857. The maximum absolute atomic E-state index is 10.5. The fourth-order valence-corrected chi connectivity index (χ4v) is 2.33. The number of aromatic nitrogens is 2. The van der Waals surface area contributed by atoms with Gasteiger partial charge in [0.15, 0.2) is 5.75 Å². The Bertz CT molecular complexity index is 383. The minimum Gasteiger partial charge on any atom is -0.493 e. The van der Waals surface area contributed by atoms with Crippen LogP contribution in [0, 0.1) is 11.8 Å². The van der Waals surface area contributed by atoms with Crippen molar-refractivity contribution in [3.05, 3.63) is 11.9 Å². The van der Waals surface area contributed by atoms with E-state index in [0.717, 1.165) is 5.69 Å². The molecule has 0 amide bonds. The van der Waals surface area contributed by atoms with Gasteiger partial charge in [0.1, 0.15) is 11.8 Å². The van der Waals surface area contributed by atoms with Gasteiger partial charge >= 0.3 is 0 Å². The molecule has 1 aliphatic rings. The second-order valence-corrected chi connectivity index (χ2v) is 5.28. The molecule has 1 heterocycles. The number of hydrogen-bond acceptors (Lipinski definition) is 3. The number of hydrogen-bond donors (Lipinski definition) is 1. The Morgan fingerprint density at radius 1 is 1.41 bits per heavy atom. The van der Waals surface area contributed by atoms with Crippen molar-refractivity contribution < 1.29 is 9.84 Å². The van der Waals surface area contributed by atoms with Gasteiger partial charge in [0.25, 0.3) is 0 Å². The van der Waals surface area contributed by atoms with E-state index < -0.39 is 6.10 Å². The molecule has 1 aromatic rings. The van der Waals surface area contributed by atoms with Crippen LogP contribution in [0.1, 0.15) is 51.5 Å². The molecular weight excluding hydrogens is 216 g/mol. The van der Waals surface area contributed by atoms with Crippen LogP contribution in [-0.4, -0.2) is 22.0 Å². The summed E-state index contributed by atoms with van der Waals surface area (Å²) in [6, 6.07) is 0.231. The van der Waals surface area contributed by atoms with Crippen LogP contribution in [-0.2, 0) is 0 Å². The molecule has 0 bridgehead atoms. The molecule has 2 atom stereocenters. The average Bonchev–Trinajstić information content (AvgIpc) is 3.05. The highest BCUT2D eigenvalue weighted by Gasteiger charge is 2.36. The second-order valence-electron chi connectivity index (χ2n) is 5.28. The molecule has 1 aromatic heterocycles. The van der Waals surface area contributed by atoms with E-state index in [2.05, 4.69) is 25.9 Å². The van der Waals surface area contributed by atoms with Crippen molar-refractivity contribution in [3.63, 3.8) is 0 Å². The molecule has 96 valence electrons. The number of aliphatic hydroxyl groups is 1. The molecular formula is C13H22N2O2. The molecule has 1 aliphatic carbocycles. The first kappa shape index (κ1) is 12.4. The van der Waals surface area contributed by atoms with Gasteiger partial charge in [-0.1, -0.05) is 6.92 Å². The average molecular weight is 238 g/mol. The van der Waals surface area contributed by atoms with Gasteiger partial charge in [0.05, 0.1) is 13.3 Å². The molecule has 2 unspecified atom stereocenters. The lowest BCUT2D eigenvalue weighted by molar-refractivity contribution is 0.0923. The smallest absolute Gasteiger partial charge is 0.162 e. The second kappa shape index (κ2) is 4.69. The van der Waals surface area contributed by atoms with Crippen molar-refractivity contribution in [1.29, 1.82) is 0 Å². The molecule has 17 heavy (non-hydrogen) atoms. The molecule has 2 rings (SSSR count). The normalized spacial score (nSPS) is 19.4. The van der Waals surface area contributed by atoms with Crippen LogP contribution in [0.15, 0.2) is 6.20 Å². The van der Waals surface area contributed by atoms with Crippen LogP contribution in [0.4, 0.5) is 0 Å². The van der Waals surface area contributed by atoms with E-state index in [4.69, 9.17) is 4.74 Å². The largest absolute Gasteiger partial charge is 0.493 e. The molecule has 0 saturated heterocycles. The zero-order valence-corrected chi connectivity index (χ0v) is 11.1. The Balaban J connectivity index is 2.30. The summed E-state index contributed by atoms with van der Waals surface area (Å²) >= 11 is 0. The van der Waals surface area contributed by atoms with Crippen molar-refractivity contribution in [3.8, 4) is 5.75 Å². The molecule has 0 radical (unpaired) electrons. The summed E-state index contributed by atoms with van der Waals surface area (Å²) in [4.78, 5) is 0. The van der Waals surface area contributed by atoms with Gasteiger partial charge in [-0.2, -0.15) is 5.10 Å². The van der Waals surface area contributed by atoms with E-state index in [-0.39, 0.29) is 12.0 Å². The van der Waals surface area contributed by atoms with Gasteiger partial charge < -0.3 is 9.84 Å². The maximum atomic E-state index is 10.5. The van der Waals surface area contributed by atoms with E-state index in [1.165, 1.54) is 12.8 Å². The first-order valence-corrected chi connectivity index (χ1v) is 6.35. The standard InChI is InChI=1S/C13H22N2O2/c1-8(2)15-12(11(17-4)7-14-15)13(16)9(3)10-5-6-10/h7-10,13,16H,5-6H2,1-4H3. The summed E-state index contributed by atoms with van der Waals surface area (Å²) < 4.78 is 7.17. The van der Waals surface area contributed by atoms with Gasteiger partial charge in [-0.05, 0) is 38.5 Å². The van der Waals surface area contributed by atoms with Gasteiger partial charge in [-0.3, -0.25) is 4.68 Å². The van der Waals surface area contributed by atoms with E-state index in [1.807, 2.05) is 4.68 Å². The molecule has 0 aromatic carbocycles. The minimum atomic E-state index is -0.484. The monoisotopic (exact) mass is 238 g/mol. The van der Waals surface area contributed by atoms with Crippen molar-refractivity contribution in [1.82, 2.24) is 9.78 Å². The lowest BCUT2D eigenvalue weighted by Crippen LogP contribution is -2.18. The topological polar surface area (TPSA) is 47.3 Å². The SMILES string of the molecule is COc1cnn(C(C)C)c1C(O)C(C)C1CC1. The lowest BCUT2D eigenvalue weighted by atomic mass is 9.96. The van der Waals surface area contributed by atoms with Gasteiger partial charge in [0, 0.05) is 6.04 Å². The highest BCUT2D eigenvalue weighted by molar-refractivity contribution is 5.28. The number of nitrogens with zero attached hydrogens (tertiary/aromatic N) is 2.